The molecule has 4 nitrogen and oxygen atoms in total. The van der Waals surface area contributed by atoms with E-state index in [9.17, 15) is 9.59 Å². The van der Waals surface area contributed by atoms with Crippen LogP contribution in [0.25, 0.3) is 0 Å². The molecular formula is C23H43ClO4. The van der Waals surface area contributed by atoms with Gasteiger partial charge in [-0.1, -0.05) is 77.6 Å². The minimum Gasteiger partial charge on any atom is -0.466 e. The summed E-state index contributed by atoms with van der Waals surface area (Å²) in [6.45, 7) is 3.20. The van der Waals surface area contributed by atoms with E-state index < -0.39 is 0 Å². The number of esters is 2. The molecule has 0 aromatic carbocycles. The molecule has 0 unspecified atom stereocenters. The summed E-state index contributed by atoms with van der Waals surface area (Å²) in [5.41, 5.74) is 0. The lowest BCUT2D eigenvalue weighted by molar-refractivity contribution is -0.145. The van der Waals surface area contributed by atoms with Crippen molar-refractivity contribution in [2.75, 3.05) is 19.1 Å². The Morgan fingerprint density at radius 3 is 1.39 bits per heavy atom. The fraction of sp³-hybridized carbons (Fsp3) is 0.913. The van der Waals surface area contributed by atoms with Crippen molar-refractivity contribution in [1.29, 1.82) is 0 Å². The third-order valence-corrected chi connectivity index (χ3v) is 5.08. The normalized spacial score (nSPS) is 10.8. The number of alkyl halides is 1. The fourth-order valence-corrected chi connectivity index (χ4v) is 3.22. The van der Waals surface area contributed by atoms with Crippen LogP contribution >= 0.6 is 11.6 Å². The maximum absolute atomic E-state index is 11.7. The van der Waals surface area contributed by atoms with E-state index in [2.05, 4.69) is 6.92 Å². The van der Waals surface area contributed by atoms with Crippen LogP contribution in [0, 0.1) is 0 Å². The first-order chi connectivity index (χ1) is 13.7. The smallest absolute Gasteiger partial charge is 0.305 e. The largest absolute Gasteiger partial charge is 0.466 e. The molecule has 166 valence electrons. The summed E-state index contributed by atoms with van der Waals surface area (Å²) in [6.07, 6.45) is 17.5. The summed E-state index contributed by atoms with van der Waals surface area (Å²) in [5, 5.41) is 0. The molecule has 0 spiro atoms. The molecule has 0 amide bonds. The van der Waals surface area contributed by atoms with Crippen molar-refractivity contribution >= 4 is 23.5 Å². The molecule has 0 radical (unpaired) electrons. The Bertz CT molecular complexity index is 361. The highest BCUT2D eigenvalue weighted by Crippen LogP contribution is 2.10. The lowest BCUT2D eigenvalue weighted by atomic mass is 10.1. The summed E-state index contributed by atoms with van der Waals surface area (Å²) < 4.78 is 10.4. The Hall–Kier alpha value is -0.770. The van der Waals surface area contributed by atoms with Gasteiger partial charge in [-0.25, -0.2) is 0 Å². The maximum Gasteiger partial charge on any atom is 0.305 e. The first kappa shape index (κ1) is 27.2. The summed E-state index contributed by atoms with van der Waals surface area (Å²) in [5.74, 6) is 0.364. The van der Waals surface area contributed by atoms with E-state index in [0.29, 0.717) is 32.5 Å². The van der Waals surface area contributed by atoms with Crippen LogP contribution in [0.15, 0.2) is 0 Å². The van der Waals surface area contributed by atoms with E-state index in [4.69, 9.17) is 21.1 Å². The van der Waals surface area contributed by atoms with Gasteiger partial charge in [0.05, 0.1) is 13.2 Å². The molecule has 0 atom stereocenters. The number of rotatable bonds is 21. The molecule has 0 aliphatic carbocycles. The van der Waals surface area contributed by atoms with Gasteiger partial charge in [0, 0.05) is 18.7 Å². The van der Waals surface area contributed by atoms with Gasteiger partial charge in [-0.2, -0.15) is 0 Å². The van der Waals surface area contributed by atoms with Crippen LogP contribution in [0.5, 0.6) is 0 Å². The van der Waals surface area contributed by atoms with Crippen LogP contribution in [0.2, 0.25) is 0 Å². The van der Waals surface area contributed by atoms with Crippen LogP contribution in [0.1, 0.15) is 116 Å². The van der Waals surface area contributed by atoms with E-state index in [0.717, 1.165) is 38.0 Å². The highest BCUT2D eigenvalue weighted by Gasteiger charge is 2.07. The van der Waals surface area contributed by atoms with Crippen LogP contribution in [0.3, 0.4) is 0 Å². The number of halogens is 1. The van der Waals surface area contributed by atoms with Gasteiger partial charge in [0.2, 0.25) is 0 Å². The Labute approximate surface area is 178 Å². The van der Waals surface area contributed by atoms with Crippen molar-refractivity contribution in [1.82, 2.24) is 0 Å². The quantitative estimate of drug-likeness (QED) is 0.115. The van der Waals surface area contributed by atoms with Gasteiger partial charge < -0.3 is 9.47 Å². The third-order valence-electron chi connectivity index (χ3n) is 4.81. The molecule has 0 fully saturated rings. The van der Waals surface area contributed by atoms with Crippen molar-refractivity contribution in [3.8, 4) is 0 Å². The van der Waals surface area contributed by atoms with Crippen molar-refractivity contribution in [2.24, 2.45) is 0 Å². The molecule has 5 heteroatoms. The van der Waals surface area contributed by atoms with Crippen molar-refractivity contribution in [3.05, 3.63) is 0 Å². The van der Waals surface area contributed by atoms with E-state index in [-0.39, 0.29) is 11.9 Å². The van der Waals surface area contributed by atoms with Gasteiger partial charge in [0.1, 0.15) is 0 Å². The monoisotopic (exact) mass is 418 g/mol. The Balaban J connectivity index is 3.30. The molecule has 0 saturated carbocycles. The molecule has 0 saturated heterocycles. The number of carbonyl (C=O) groups is 2. The standard InChI is InChI=1S/C23H43ClO4/c1-2-3-4-5-11-14-20-27-22(25)17-16-18-23(26)28-21-15-12-9-7-6-8-10-13-19-24/h2-21H2,1H3. The zero-order chi connectivity index (χ0) is 20.7. The second-order valence-electron chi connectivity index (χ2n) is 7.58. The maximum atomic E-state index is 11.7. The highest BCUT2D eigenvalue weighted by atomic mass is 35.5. The lowest BCUT2D eigenvalue weighted by Gasteiger charge is -2.06. The second-order valence-corrected chi connectivity index (χ2v) is 7.96. The van der Waals surface area contributed by atoms with Crippen molar-refractivity contribution in [2.45, 2.75) is 116 Å². The molecule has 0 N–H and O–H groups in total. The molecule has 0 heterocycles. The fourth-order valence-electron chi connectivity index (χ4n) is 3.03. The lowest BCUT2D eigenvalue weighted by Crippen LogP contribution is -2.09. The van der Waals surface area contributed by atoms with Gasteiger partial charge in [0.15, 0.2) is 0 Å². The van der Waals surface area contributed by atoms with E-state index in [1.165, 1.54) is 57.8 Å². The minimum absolute atomic E-state index is 0.201. The first-order valence-electron chi connectivity index (χ1n) is 11.6. The first-order valence-corrected chi connectivity index (χ1v) is 12.1. The van der Waals surface area contributed by atoms with E-state index in [1.54, 1.807) is 0 Å². The number of hydrogen-bond acceptors (Lipinski definition) is 4. The molecule has 0 aliphatic heterocycles. The predicted octanol–water partition coefficient (Wildman–Crippen LogP) is 6.96. The zero-order valence-electron chi connectivity index (χ0n) is 18.2. The van der Waals surface area contributed by atoms with Crippen LogP contribution in [-0.2, 0) is 19.1 Å². The summed E-state index contributed by atoms with van der Waals surface area (Å²) in [6, 6.07) is 0. The summed E-state index contributed by atoms with van der Waals surface area (Å²) >= 11 is 5.65. The topological polar surface area (TPSA) is 52.6 Å². The zero-order valence-corrected chi connectivity index (χ0v) is 18.9. The van der Waals surface area contributed by atoms with Gasteiger partial charge >= 0.3 is 11.9 Å². The minimum atomic E-state index is -0.204. The van der Waals surface area contributed by atoms with Gasteiger partial charge in [-0.15, -0.1) is 11.6 Å². The summed E-state index contributed by atoms with van der Waals surface area (Å²) in [4.78, 5) is 23.3. The Morgan fingerprint density at radius 1 is 0.571 bits per heavy atom. The molecule has 0 aromatic heterocycles. The molecule has 0 aromatic rings. The molecular weight excluding hydrogens is 376 g/mol. The predicted molar refractivity (Wildman–Crippen MR) is 117 cm³/mol. The van der Waals surface area contributed by atoms with Crippen LogP contribution in [-0.4, -0.2) is 31.0 Å². The average molecular weight is 419 g/mol. The SMILES string of the molecule is CCCCCCCCOC(=O)CCCC(=O)OCCCCCCCCCCCl. The highest BCUT2D eigenvalue weighted by molar-refractivity contribution is 6.17. The molecule has 0 aliphatic rings. The number of ether oxygens (including phenoxy) is 2. The average Bonchev–Trinajstić information content (AvgIpc) is 2.68. The molecule has 0 rings (SSSR count). The number of carbonyl (C=O) groups excluding carboxylic acids is 2. The molecule has 28 heavy (non-hydrogen) atoms. The Kier molecular flexibility index (Phi) is 21.9. The van der Waals surface area contributed by atoms with Gasteiger partial charge in [0.25, 0.3) is 0 Å². The number of unbranched alkanes of at least 4 members (excludes halogenated alkanes) is 12. The van der Waals surface area contributed by atoms with Crippen molar-refractivity contribution in [3.63, 3.8) is 0 Å². The van der Waals surface area contributed by atoms with Crippen LogP contribution < -0.4 is 0 Å². The van der Waals surface area contributed by atoms with Crippen molar-refractivity contribution < 1.29 is 19.1 Å². The molecule has 0 bridgehead atoms. The second kappa shape index (κ2) is 22.5. The van der Waals surface area contributed by atoms with E-state index in [1.807, 2.05) is 0 Å². The van der Waals surface area contributed by atoms with Gasteiger partial charge in [-0.05, 0) is 25.7 Å². The van der Waals surface area contributed by atoms with E-state index >= 15 is 0 Å². The number of hydrogen-bond donors (Lipinski definition) is 0. The third kappa shape index (κ3) is 21.5. The van der Waals surface area contributed by atoms with Gasteiger partial charge in [-0.3, -0.25) is 9.59 Å². The van der Waals surface area contributed by atoms with Crippen LogP contribution in [0.4, 0.5) is 0 Å². The Morgan fingerprint density at radius 2 is 0.964 bits per heavy atom. The summed E-state index contributed by atoms with van der Waals surface area (Å²) in [7, 11) is 0.